The van der Waals surface area contributed by atoms with Crippen LogP contribution >= 0.6 is 25.3 Å². The van der Waals surface area contributed by atoms with Crippen molar-refractivity contribution in [3.8, 4) is 0 Å². The highest BCUT2D eigenvalue weighted by Gasteiger charge is 2.04. The van der Waals surface area contributed by atoms with E-state index in [1.165, 1.54) is 0 Å². The molecule has 0 N–H and O–H groups in total. The maximum atomic E-state index is 11.3. The van der Waals surface area contributed by atoms with Crippen LogP contribution in [0.2, 0.25) is 0 Å². The van der Waals surface area contributed by atoms with Gasteiger partial charge in [-0.2, -0.15) is 25.3 Å². The second-order valence-corrected chi connectivity index (χ2v) is 5.76. The average Bonchev–Trinajstić information content (AvgIpc) is 2.47. The highest BCUT2D eigenvalue weighted by atomic mass is 32.1. The SMILES string of the molecule is O=C(CCCCCCCC(=O)OCCCS)OCCCS. The molecule has 0 aromatic heterocycles. The molecular weight excluding hydrogens is 308 g/mol. The number of carbonyl (C=O) groups is 2. The molecule has 4 nitrogen and oxygen atoms in total. The molecule has 0 spiro atoms. The van der Waals surface area contributed by atoms with E-state index < -0.39 is 0 Å². The van der Waals surface area contributed by atoms with Gasteiger partial charge in [0.25, 0.3) is 0 Å². The summed E-state index contributed by atoms with van der Waals surface area (Å²) in [6.45, 7) is 0.940. The molecule has 0 bridgehead atoms. The Kier molecular flexibility index (Phi) is 15.7. The maximum absolute atomic E-state index is 11.3. The van der Waals surface area contributed by atoms with E-state index in [9.17, 15) is 9.59 Å². The summed E-state index contributed by atoms with van der Waals surface area (Å²) in [5.41, 5.74) is 0. The number of thiol groups is 2. The van der Waals surface area contributed by atoms with Gasteiger partial charge in [-0.1, -0.05) is 19.3 Å². The van der Waals surface area contributed by atoms with Gasteiger partial charge in [0.05, 0.1) is 13.2 Å². The van der Waals surface area contributed by atoms with Crippen molar-refractivity contribution in [2.75, 3.05) is 24.7 Å². The molecule has 0 radical (unpaired) electrons. The van der Waals surface area contributed by atoms with Crippen LogP contribution in [0.5, 0.6) is 0 Å². The van der Waals surface area contributed by atoms with Crippen LogP contribution in [0.15, 0.2) is 0 Å². The van der Waals surface area contributed by atoms with Crippen molar-refractivity contribution in [2.24, 2.45) is 0 Å². The predicted octanol–water partition coefficient (Wildman–Crippen LogP) is 3.44. The topological polar surface area (TPSA) is 52.6 Å². The summed E-state index contributed by atoms with van der Waals surface area (Å²) >= 11 is 8.10. The Morgan fingerprint density at radius 3 is 1.38 bits per heavy atom. The molecule has 6 heteroatoms. The van der Waals surface area contributed by atoms with E-state index in [1.807, 2.05) is 0 Å². The number of hydrogen-bond donors (Lipinski definition) is 2. The first-order valence-electron chi connectivity index (χ1n) is 7.73. The minimum Gasteiger partial charge on any atom is -0.466 e. The lowest BCUT2D eigenvalue weighted by molar-refractivity contribution is -0.144. The summed E-state index contributed by atoms with van der Waals surface area (Å²) in [4.78, 5) is 22.6. The van der Waals surface area contributed by atoms with Gasteiger partial charge in [0, 0.05) is 12.8 Å². The lowest BCUT2D eigenvalue weighted by Crippen LogP contribution is -2.06. The van der Waals surface area contributed by atoms with Gasteiger partial charge in [-0.3, -0.25) is 9.59 Å². The number of ether oxygens (including phenoxy) is 2. The fraction of sp³-hybridized carbons (Fsp3) is 0.867. The van der Waals surface area contributed by atoms with E-state index in [0.717, 1.165) is 56.5 Å². The minimum absolute atomic E-state index is 0.121. The number of unbranched alkanes of at least 4 members (excludes halogenated alkanes) is 4. The lowest BCUT2D eigenvalue weighted by Gasteiger charge is -2.04. The van der Waals surface area contributed by atoms with Gasteiger partial charge in [0.2, 0.25) is 0 Å². The third-order valence-electron chi connectivity index (χ3n) is 2.89. The Balaban J connectivity index is 3.24. The van der Waals surface area contributed by atoms with Crippen LogP contribution in [0.25, 0.3) is 0 Å². The number of esters is 2. The molecule has 21 heavy (non-hydrogen) atoms. The Morgan fingerprint density at radius 1 is 0.619 bits per heavy atom. The maximum Gasteiger partial charge on any atom is 0.305 e. The van der Waals surface area contributed by atoms with Gasteiger partial charge in [-0.25, -0.2) is 0 Å². The fourth-order valence-corrected chi connectivity index (χ4v) is 1.97. The van der Waals surface area contributed by atoms with Crippen molar-refractivity contribution in [3.63, 3.8) is 0 Å². The van der Waals surface area contributed by atoms with Gasteiger partial charge in [0.1, 0.15) is 0 Å². The van der Waals surface area contributed by atoms with Crippen molar-refractivity contribution in [2.45, 2.75) is 57.8 Å². The molecule has 0 aliphatic rings. The van der Waals surface area contributed by atoms with Gasteiger partial charge < -0.3 is 9.47 Å². The zero-order chi connectivity index (χ0) is 15.8. The molecule has 0 aliphatic carbocycles. The van der Waals surface area contributed by atoms with Gasteiger partial charge in [0.15, 0.2) is 0 Å². The Hall–Kier alpha value is -0.360. The average molecular weight is 337 g/mol. The minimum atomic E-state index is -0.121. The van der Waals surface area contributed by atoms with E-state index in [-0.39, 0.29) is 11.9 Å². The summed E-state index contributed by atoms with van der Waals surface area (Å²) in [7, 11) is 0. The summed E-state index contributed by atoms with van der Waals surface area (Å²) in [6, 6.07) is 0. The summed E-state index contributed by atoms with van der Waals surface area (Å²) in [5.74, 6) is 1.24. The highest BCUT2D eigenvalue weighted by Crippen LogP contribution is 2.08. The molecule has 0 heterocycles. The molecule has 0 saturated carbocycles. The molecule has 124 valence electrons. The van der Waals surface area contributed by atoms with Gasteiger partial charge in [-0.05, 0) is 37.2 Å². The van der Waals surface area contributed by atoms with Crippen LogP contribution in [0.3, 0.4) is 0 Å². The standard InChI is InChI=1S/C15H28O4S2/c16-14(18-10-6-12-20)8-4-2-1-3-5-9-15(17)19-11-7-13-21/h20-21H,1-13H2. The fourth-order valence-electron chi connectivity index (χ4n) is 1.71. The lowest BCUT2D eigenvalue weighted by atomic mass is 10.1. The van der Waals surface area contributed by atoms with Crippen LogP contribution in [0.1, 0.15) is 57.8 Å². The van der Waals surface area contributed by atoms with Crippen molar-refractivity contribution >= 4 is 37.2 Å². The normalized spacial score (nSPS) is 10.4. The van der Waals surface area contributed by atoms with Crippen LogP contribution in [-0.4, -0.2) is 36.7 Å². The number of carbonyl (C=O) groups excluding carboxylic acids is 2. The third-order valence-corrected chi connectivity index (χ3v) is 3.53. The first-order valence-corrected chi connectivity index (χ1v) is 9.00. The van der Waals surface area contributed by atoms with Gasteiger partial charge in [-0.15, -0.1) is 0 Å². The summed E-state index contributed by atoms with van der Waals surface area (Å²) in [6.07, 6.45) is 7.31. The Bertz CT molecular complexity index is 246. The van der Waals surface area contributed by atoms with Crippen LogP contribution in [-0.2, 0) is 19.1 Å². The second-order valence-electron chi connectivity index (χ2n) is 4.86. The van der Waals surface area contributed by atoms with Crippen LogP contribution < -0.4 is 0 Å². The molecule has 0 amide bonds. The van der Waals surface area contributed by atoms with E-state index in [0.29, 0.717) is 26.1 Å². The van der Waals surface area contributed by atoms with E-state index in [1.54, 1.807) is 0 Å². The zero-order valence-corrected chi connectivity index (χ0v) is 14.5. The summed E-state index contributed by atoms with van der Waals surface area (Å²) in [5, 5.41) is 0. The predicted molar refractivity (Wildman–Crippen MR) is 91.2 cm³/mol. The van der Waals surface area contributed by atoms with Crippen molar-refractivity contribution < 1.29 is 19.1 Å². The third kappa shape index (κ3) is 15.8. The van der Waals surface area contributed by atoms with Crippen molar-refractivity contribution in [3.05, 3.63) is 0 Å². The van der Waals surface area contributed by atoms with E-state index in [4.69, 9.17) is 9.47 Å². The Labute approximate surface area is 139 Å². The second kappa shape index (κ2) is 16.0. The molecule has 0 saturated heterocycles. The van der Waals surface area contributed by atoms with E-state index >= 15 is 0 Å². The quantitative estimate of drug-likeness (QED) is 0.290. The molecule has 0 fully saturated rings. The van der Waals surface area contributed by atoms with Crippen molar-refractivity contribution in [1.82, 2.24) is 0 Å². The molecule has 0 atom stereocenters. The molecule has 0 aromatic rings. The first-order chi connectivity index (χ1) is 10.2. The smallest absolute Gasteiger partial charge is 0.305 e. The number of hydrogen-bond acceptors (Lipinski definition) is 6. The largest absolute Gasteiger partial charge is 0.466 e. The monoisotopic (exact) mass is 336 g/mol. The van der Waals surface area contributed by atoms with Crippen molar-refractivity contribution in [1.29, 1.82) is 0 Å². The van der Waals surface area contributed by atoms with Gasteiger partial charge >= 0.3 is 11.9 Å². The molecule has 0 unspecified atom stereocenters. The molecule has 0 aliphatic heterocycles. The zero-order valence-electron chi connectivity index (χ0n) is 12.7. The number of rotatable bonds is 14. The van der Waals surface area contributed by atoms with Crippen LogP contribution in [0.4, 0.5) is 0 Å². The Morgan fingerprint density at radius 2 is 1.00 bits per heavy atom. The summed E-state index contributed by atoms with van der Waals surface area (Å²) < 4.78 is 10.1. The molecule has 0 aromatic carbocycles. The highest BCUT2D eigenvalue weighted by molar-refractivity contribution is 7.80. The molecular formula is C15H28O4S2. The first kappa shape index (κ1) is 20.6. The van der Waals surface area contributed by atoms with E-state index in [2.05, 4.69) is 25.3 Å². The molecule has 0 rings (SSSR count). The van der Waals surface area contributed by atoms with Crippen LogP contribution in [0, 0.1) is 0 Å².